The van der Waals surface area contributed by atoms with E-state index < -0.39 is 6.10 Å². The fourth-order valence-electron chi connectivity index (χ4n) is 1.65. The fourth-order valence-corrected chi connectivity index (χ4v) is 1.78. The van der Waals surface area contributed by atoms with Crippen molar-refractivity contribution < 1.29 is 9.84 Å². The Balaban J connectivity index is 2.29. The average molecular weight is 249 g/mol. The summed E-state index contributed by atoms with van der Waals surface area (Å²) in [7, 11) is 1.60. The summed E-state index contributed by atoms with van der Waals surface area (Å²) in [5.41, 5.74) is 1.61. The van der Waals surface area contributed by atoms with Gasteiger partial charge in [-0.3, -0.25) is 0 Å². The van der Waals surface area contributed by atoms with Crippen LogP contribution in [0.3, 0.4) is 0 Å². The standard InChI is InChI=1S/C14H13ClO2/c1-17-13-4-2-3-11(9-13)14(16)10-5-7-12(15)8-6-10/h2-9,14,16H,1H3/t14-/m0/s1. The quantitative estimate of drug-likeness (QED) is 0.902. The Morgan fingerprint density at radius 3 is 2.41 bits per heavy atom. The average Bonchev–Trinajstić information content (AvgIpc) is 2.39. The zero-order valence-electron chi connectivity index (χ0n) is 9.43. The Labute approximate surface area is 105 Å². The number of hydrogen-bond acceptors (Lipinski definition) is 2. The highest BCUT2D eigenvalue weighted by Gasteiger charge is 2.10. The van der Waals surface area contributed by atoms with Crippen LogP contribution in [0.15, 0.2) is 48.5 Å². The highest BCUT2D eigenvalue weighted by molar-refractivity contribution is 6.30. The smallest absolute Gasteiger partial charge is 0.119 e. The van der Waals surface area contributed by atoms with Crippen LogP contribution in [0.25, 0.3) is 0 Å². The van der Waals surface area contributed by atoms with E-state index in [1.54, 1.807) is 19.2 Å². The SMILES string of the molecule is COc1cccc([C@@H](O)c2ccc(Cl)cc2)c1. The third-order valence-electron chi connectivity index (χ3n) is 2.60. The van der Waals surface area contributed by atoms with Gasteiger partial charge in [0, 0.05) is 5.02 Å². The van der Waals surface area contributed by atoms with E-state index in [9.17, 15) is 5.11 Å². The second-order valence-corrected chi connectivity index (χ2v) is 4.17. The maximum absolute atomic E-state index is 10.2. The molecule has 88 valence electrons. The van der Waals surface area contributed by atoms with Gasteiger partial charge in [-0.2, -0.15) is 0 Å². The summed E-state index contributed by atoms with van der Waals surface area (Å²) in [6.45, 7) is 0. The first-order valence-corrected chi connectivity index (χ1v) is 5.66. The molecule has 0 radical (unpaired) electrons. The van der Waals surface area contributed by atoms with Crippen molar-refractivity contribution in [3.05, 3.63) is 64.7 Å². The second kappa shape index (κ2) is 5.21. The zero-order chi connectivity index (χ0) is 12.3. The number of hydrogen-bond donors (Lipinski definition) is 1. The van der Waals surface area contributed by atoms with Crippen molar-refractivity contribution in [2.75, 3.05) is 7.11 Å². The molecule has 2 aromatic carbocycles. The van der Waals surface area contributed by atoms with Gasteiger partial charge in [-0.15, -0.1) is 0 Å². The van der Waals surface area contributed by atoms with Crippen molar-refractivity contribution in [1.29, 1.82) is 0 Å². The lowest BCUT2D eigenvalue weighted by molar-refractivity contribution is 0.220. The normalized spacial score (nSPS) is 12.2. The van der Waals surface area contributed by atoms with Crippen LogP contribution in [-0.4, -0.2) is 12.2 Å². The number of rotatable bonds is 3. The van der Waals surface area contributed by atoms with Gasteiger partial charge in [0.2, 0.25) is 0 Å². The summed E-state index contributed by atoms with van der Waals surface area (Å²) in [6.07, 6.45) is -0.664. The van der Waals surface area contributed by atoms with Crippen LogP contribution < -0.4 is 4.74 Å². The van der Waals surface area contributed by atoms with E-state index >= 15 is 0 Å². The lowest BCUT2D eigenvalue weighted by atomic mass is 10.0. The maximum atomic E-state index is 10.2. The van der Waals surface area contributed by atoms with Gasteiger partial charge in [-0.25, -0.2) is 0 Å². The molecule has 3 heteroatoms. The van der Waals surface area contributed by atoms with Crippen LogP contribution in [0, 0.1) is 0 Å². The van der Waals surface area contributed by atoms with Gasteiger partial charge in [0.25, 0.3) is 0 Å². The molecule has 0 aliphatic carbocycles. The van der Waals surface area contributed by atoms with Crippen molar-refractivity contribution in [3.63, 3.8) is 0 Å². The number of aliphatic hydroxyl groups is 1. The van der Waals surface area contributed by atoms with E-state index in [0.717, 1.165) is 16.9 Å². The van der Waals surface area contributed by atoms with E-state index in [1.807, 2.05) is 36.4 Å². The number of aliphatic hydroxyl groups excluding tert-OH is 1. The highest BCUT2D eigenvalue weighted by Crippen LogP contribution is 2.25. The van der Waals surface area contributed by atoms with Gasteiger partial charge in [0.15, 0.2) is 0 Å². The Hall–Kier alpha value is -1.51. The molecule has 17 heavy (non-hydrogen) atoms. The summed E-state index contributed by atoms with van der Waals surface area (Å²) in [4.78, 5) is 0. The molecular weight excluding hydrogens is 236 g/mol. The van der Waals surface area contributed by atoms with E-state index in [1.165, 1.54) is 0 Å². The summed E-state index contributed by atoms with van der Waals surface area (Å²) in [6, 6.07) is 14.5. The molecule has 0 saturated carbocycles. The molecule has 1 N–H and O–H groups in total. The summed E-state index contributed by atoms with van der Waals surface area (Å²) >= 11 is 5.81. The van der Waals surface area contributed by atoms with Crippen molar-refractivity contribution in [2.45, 2.75) is 6.10 Å². The predicted octanol–water partition coefficient (Wildman–Crippen LogP) is 3.43. The van der Waals surface area contributed by atoms with Crippen molar-refractivity contribution >= 4 is 11.6 Å². The van der Waals surface area contributed by atoms with Gasteiger partial charge in [-0.05, 0) is 35.4 Å². The highest BCUT2D eigenvalue weighted by atomic mass is 35.5. The number of halogens is 1. The molecule has 1 atom stereocenters. The maximum Gasteiger partial charge on any atom is 0.119 e. The fraction of sp³-hybridized carbons (Fsp3) is 0.143. The summed E-state index contributed by atoms with van der Waals surface area (Å²) in [5, 5.41) is 10.9. The topological polar surface area (TPSA) is 29.5 Å². The van der Waals surface area contributed by atoms with Crippen molar-refractivity contribution in [1.82, 2.24) is 0 Å². The zero-order valence-corrected chi connectivity index (χ0v) is 10.2. The largest absolute Gasteiger partial charge is 0.497 e. The minimum absolute atomic E-state index is 0.659. The van der Waals surface area contributed by atoms with E-state index in [-0.39, 0.29) is 0 Å². The molecule has 0 saturated heterocycles. The molecule has 0 unspecified atom stereocenters. The van der Waals surface area contributed by atoms with Gasteiger partial charge in [0.1, 0.15) is 11.9 Å². The molecular formula is C14H13ClO2. The first-order chi connectivity index (χ1) is 8.20. The first-order valence-electron chi connectivity index (χ1n) is 5.28. The minimum atomic E-state index is -0.664. The third-order valence-corrected chi connectivity index (χ3v) is 2.85. The summed E-state index contributed by atoms with van der Waals surface area (Å²) in [5.74, 6) is 0.732. The minimum Gasteiger partial charge on any atom is -0.497 e. The lowest BCUT2D eigenvalue weighted by Crippen LogP contribution is -1.99. The Kier molecular flexibility index (Phi) is 3.67. The lowest BCUT2D eigenvalue weighted by Gasteiger charge is -2.12. The molecule has 2 rings (SSSR count). The van der Waals surface area contributed by atoms with Crippen LogP contribution in [-0.2, 0) is 0 Å². The van der Waals surface area contributed by atoms with Crippen LogP contribution in [0.4, 0.5) is 0 Å². The molecule has 0 aliphatic heterocycles. The Morgan fingerprint density at radius 2 is 1.76 bits per heavy atom. The molecule has 0 spiro atoms. The van der Waals surface area contributed by atoms with E-state index in [2.05, 4.69) is 0 Å². The molecule has 0 amide bonds. The Bertz CT molecular complexity index is 494. The van der Waals surface area contributed by atoms with Crippen LogP contribution in [0.2, 0.25) is 5.02 Å². The molecule has 0 aromatic heterocycles. The molecule has 0 fully saturated rings. The third kappa shape index (κ3) is 2.78. The number of methoxy groups -OCH3 is 1. The molecule has 0 bridgehead atoms. The van der Waals surface area contributed by atoms with Crippen LogP contribution in [0.5, 0.6) is 5.75 Å². The van der Waals surface area contributed by atoms with Gasteiger partial charge in [-0.1, -0.05) is 35.9 Å². The molecule has 2 aromatic rings. The predicted molar refractivity (Wildman–Crippen MR) is 68.5 cm³/mol. The number of ether oxygens (including phenoxy) is 1. The van der Waals surface area contributed by atoms with Crippen molar-refractivity contribution in [3.8, 4) is 5.75 Å². The monoisotopic (exact) mass is 248 g/mol. The van der Waals surface area contributed by atoms with Crippen molar-refractivity contribution in [2.24, 2.45) is 0 Å². The molecule has 2 nitrogen and oxygen atoms in total. The molecule has 0 aliphatic rings. The molecule has 0 heterocycles. The Morgan fingerprint density at radius 1 is 1.06 bits per heavy atom. The van der Waals surface area contributed by atoms with Gasteiger partial charge < -0.3 is 9.84 Å². The summed E-state index contributed by atoms with van der Waals surface area (Å²) < 4.78 is 5.13. The van der Waals surface area contributed by atoms with Crippen LogP contribution in [0.1, 0.15) is 17.2 Å². The van der Waals surface area contributed by atoms with Crippen LogP contribution >= 0.6 is 11.6 Å². The first kappa shape index (κ1) is 12.0. The van der Waals surface area contributed by atoms with Gasteiger partial charge >= 0.3 is 0 Å². The number of benzene rings is 2. The van der Waals surface area contributed by atoms with E-state index in [0.29, 0.717) is 5.02 Å². The van der Waals surface area contributed by atoms with Gasteiger partial charge in [0.05, 0.1) is 7.11 Å². The second-order valence-electron chi connectivity index (χ2n) is 3.73. The van der Waals surface area contributed by atoms with E-state index in [4.69, 9.17) is 16.3 Å².